The fourth-order valence-corrected chi connectivity index (χ4v) is 6.49. The molecule has 1 spiro atoms. The van der Waals surface area contributed by atoms with Gasteiger partial charge in [-0.15, -0.1) is 0 Å². The van der Waals surface area contributed by atoms with Crippen molar-refractivity contribution in [2.45, 2.75) is 36.2 Å². The van der Waals surface area contributed by atoms with Crippen LogP contribution in [0.5, 0.6) is 5.75 Å². The number of methoxy groups -OCH3 is 1. The molecule has 13 heteroatoms. The van der Waals surface area contributed by atoms with Crippen LogP contribution in [0.4, 0.5) is 15.9 Å². The predicted molar refractivity (Wildman–Crippen MR) is 154 cm³/mol. The van der Waals surface area contributed by atoms with Crippen LogP contribution in [0.15, 0.2) is 65.7 Å². The van der Waals surface area contributed by atoms with E-state index in [0.29, 0.717) is 38.0 Å². The van der Waals surface area contributed by atoms with Gasteiger partial charge in [0.25, 0.3) is 10.0 Å². The quantitative estimate of drug-likeness (QED) is 0.387. The van der Waals surface area contributed by atoms with Gasteiger partial charge in [0.15, 0.2) is 11.6 Å². The summed E-state index contributed by atoms with van der Waals surface area (Å²) in [5.74, 6) is -1.27. The Kier molecular flexibility index (Phi) is 8.67. The molecule has 0 radical (unpaired) electrons. The van der Waals surface area contributed by atoms with E-state index in [2.05, 4.69) is 15.0 Å². The number of likely N-dealkylation sites (tertiary alicyclic amines) is 1. The van der Waals surface area contributed by atoms with Crippen LogP contribution in [0.25, 0.3) is 0 Å². The van der Waals surface area contributed by atoms with Crippen LogP contribution in [0.3, 0.4) is 0 Å². The molecule has 3 aromatic rings. The molecule has 10 nitrogen and oxygen atoms in total. The molecule has 0 aliphatic carbocycles. The number of hydrogen-bond donors (Lipinski definition) is 2. The fraction of sp³-hybridized carbons (Fsp3) is 0.345. The number of benzene rings is 2. The zero-order valence-electron chi connectivity index (χ0n) is 22.8. The lowest BCUT2D eigenvalue weighted by atomic mass is 9.85. The Bertz CT molecular complexity index is 1560. The van der Waals surface area contributed by atoms with Crippen molar-refractivity contribution in [2.24, 2.45) is 5.92 Å². The van der Waals surface area contributed by atoms with Gasteiger partial charge in [-0.05, 0) is 67.8 Å². The van der Waals surface area contributed by atoms with Crippen molar-refractivity contribution >= 4 is 44.9 Å². The summed E-state index contributed by atoms with van der Waals surface area (Å²) in [5, 5.41) is 3.01. The second-order valence-corrected chi connectivity index (χ2v) is 12.4. The maximum Gasteiger partial charge on any atom is 0.263 e. The Morgan fingerprint density at radius 2 is 1.88 bits per heavy atom. The molecule has 2 fully saturated rings. The van der Waals surface area contributed by atoms with Gasteiger partial charge >= 0.3 is 0 Å². The molecule has 2 saturated heterocycles. The summed E-state index contributed by atoms with van der Waals surface area (Å²) in [7, 11) is -2.48. The summed E-state index contributed by atoms with van der Waals surface area (Å²) >= 11 is 6.15. The lowest BCUT2D eigenvalue weighted by Crippen LogP contribution is -2.47. The summed E-state index contributed by atoms with van der Waals surface area (Å²) < 4.78 is 53.4. The highest BCUT2D eigenvalue weighted by molar-refractivity contribution is 7.92. The third kappa shape index (κ3) is 6.50. The van der Waals surface area contributed by atoms with Crippen LogP contribution in [0.2, 0.25) is 5.02 Å². The van der Waals surface area contributed by atoms with E-state index in [0.717, 1.165) is 0 Å². The van der Waals surface area contributed by atoms with E-state index in [9.17, 15) is 22.4 Å². The van der Waals surface area contributed by atoms with Crippen molar-refractivity contribution in [1.82, 2.24) is 9.88 Å². The van der Waals surface area contributed by atoms with Crippen molar-refractivity contribution in [1.29, 1.82) is 0 Å². The molecular formula is C29H30ClFN4O6S. The molecule has 3 heterocycles. The first kappa shape index (κ1) is 29.7. The molecule has 42 heavy (non-hydrogen) atoms. The number of sulfonamides is 1. The monoisotopic (exact) mass is 616 g/mol. The van der Waals surface area contributed by atoms with Gasteiger partial charge in [0, 0.05) is 35.6 Å². The first-order valence-corrected chi connectivity index (χ1v) is 15.2. The summed E-state index contributed by atoms with van der Waals surface area (Å²) in [6.45, 7) is 1.07. The van der Waals surface area contributed by atoms with Crippen LogP contribution >= 0.6 is 11.6 Å². The van der Waals surface area contributed by atoms with Crippen molar-refractivity contribution in [2.75, 3.05) is 36.8 Å². The van der Waals surface area contributed by atoms with E-state index in [1.54, 1.807) is 23.1 Å². The average molecular weight is 617 g/mol. The highest BCUT2D eigenvalue weighted by Crippen LogP contribution is 2.39. The van der Waals surface area contributed by atoms with Gasteiger partial charge in [0.1, 0.15) is 5.82 Å². The zero-order valence-corrected chi connectivity index (χ0v) is 24.4. The standard InChI is InChI=1S/C29H30ClFN4O6S/c1-40-24-10-9-23(30)22(27(24)31)16-26(36)35-14-11-29(12-15-35)17-19(18-41-29)28(37)33-20-5-7-21(8-6-20)42(38,39)34-25-4-2-3-13-32-25/h2-10,13,19H,11-12,14-18H2,1H3,(H,32,34)(H,33,37). The molecule has 2 N–H and O–H groups in total. The molecular weight excluding hydrogens is 587 g/mol. The van der Waals surface area contributed by atoms with Crippen molar-refractivity contribution in [3.63, 3.8) is 0 Å². The van der Waals surface area contributed by atoms with Crippen molar-refractivity contribution < 1.29 is 31.9 Å². The minimum Gasteiger partial charge on any atom is -0.494 e. The van der Waals surface area contributed by atoms with E-state index < -0.39 is 27.4 Å². The summed E-state index contributed by atoms with van der Waals surface area (Å²) in [4.78, 5) is 31.6. The van der Waals surface area contributed by atoms with E-state index in [4.69, 9.17) is 21.1 Å². The number of nitrogens with zero attached hydrogens (tertiary/aromatic N) is 2. The third-order valence-electron chi connectivity index (χ3n) is 7.64. The van der Waals surface area contributed by atoms with Crippen LogP contribution in [0, 0.1) is 11.7 Å². The van der Waals surface area contributed by atoms with Gasteiger partial charge in [0.05, 0.1) is 36.6 Å². The third-order valence-corrected chi connectivity index (χ3v) is 9.37. The largest absolute Gasteiger partial charge is 0.494 e. The van der Waals surface area contributed by atoms with E-state index in [-0.39, 0.29) is 51.9 Å². The topological polar surface area (TPSA) is 127 Å². The maximum atomic E-state index is 14.7. The molecule has 1 unspecified atom stereocenters. The zero-order chi connectivity index (χ0) is 29.9. The second-order valence-electron chi connectivity index (χ2n) is 10.3. The molecule has 0 saturated carbocycles. The van der Waals surface area contributed by atoms with E-state index in [1.807, 2.05) is 0 Å². The number of anilines is 2. The Hall–Kier alpha value is -3.74. The number of ether oxygens (including phenoxy) is 2. The Labute approximate surface area is 248 Å². The van der Waals surface area contributed by atoms with Crippen molar-refractivity contribution in [3.8, 4) is 5.75 Å². The van der Waals surface area contributed by atoms with Crippen LogP contribution in [-0.2, 0) is 30.8 Å². The molecule has 0 bridgehead atoms. The van der Waals surface area contributed by atoms with Crippen molar-refractivity contribution in [3.05, 3.63) is 77.2 Å². The normalized spacial score (nSPS) is 18.1. The second kappa shape index (κ2) is 12.2. The highest BCUT2D eigenvalue weighted by atomic mass is 35.5. The predicted octanol–water partition coefficient (Wildman–Crippen LogP) is 4.26. The number of nitrogens with one attached hydrogen (secondary N) is 2. The number of amides is 2. The molecule has 2 aliphatic rings. The Morgan fingerprint density at radius 3 is 2.55 bits per heavy atom. The number of carbonyl (C=O) groups is 2. The summed E-state index contributed by atoms with van der Waals surface area (Å²) in [5.41, 5.74) is 0.0408. The molecule has 5 rings (SSSR count). The number of halogens is 2. The molecule has 2 aliphatic heterocycles. The molecule has 2 aromatic carbocycles. The average Bonchev–Trinajstić information content (AvgIpc) is 3.39. The molecule has 222 valence electrons. The van der Waals surface area contributed by atoms with Gasteiger partial charge in [-0.3, -0.25) is 14.3 Å². The van der Waals surface area contributed by atoms with Crippen LogP contribution in [0.1, 0.15) is 24.8 Å². The lowest BCUT2D eigenvalue weighted by molar-refractivity contribution is -0.135. The van der Waals surface area contributed by atoms with E-state index >= 15 is 0 Å². The Balaban J connectivity index is 1.13. The smallest absolute Gasteiger partial charge is 0.263 e. The Morgan fingerprint density at radius 1 is 1.14 bits per heavy atom. The SMILES string of the molecule is COc1ccc(Cl)c(CC(=O)N2CCC3(CC2)CC(C(=O)Nc2ccc(S(=O)(=O)Nc4ccccn4)cc2)CO3)c1F. The minimum atomic E-state index is -3.83. The molecule has 2 amide bonds. The van der Waals surface area contributed by atoms with Gasteiger partial charge < -0.3 is 19.7 Å². The van der Waals surface area contributed by atoms with Crippen LogP contribution in [-0.4, -0.2) is 62.5 Å². The number of aromatic nitrogens is 1. The fourth-order valence-electron chi connectivity index (χ4n) is 5.27. The number of rotatable bonds is 8. The maximum absolute atomic E-state index is 14.7. The molecule has 1 atom stereocenters. The van der Waals surface area contributed by atoms with Gasteiger partial charge in [-0.1, -0.05) is 17.7 Å². The van der Waals surface area contributed by atoms with E-state index in [1.165, 1.54) is 49.7 Å². The van der Waals surface area contributed by atoms with Gasteiger partial charge in [0.2, 0.25) is 11.8 Å². The number of hydrogen-bond acceptors (Lipinski definition) is 7. The van der Waals surface area contributed by atoms with Gasteiger partial charge in [-0.25, -0.2) is 17.8 Å². The molecule has 1 aromatic heterocycles. The minimum absolute atomic E-state index is 0.0297. The van der Waals surface area contributed by atoms with Gasteiger partial charge in [-0.2, -0.15) is 0 Å². The highest BCUT2D eigenvalue weighted by Gasteiger charge is 2.45. The summed E-state index contributed by atoms with van der Waals surface area (Å²) in [6, 6.07) is 13.7. The number of pyridine rings is 1. The van der Waals surface area contributed by atoms with Crippen LogP contribution < -0.4 is 14.8 Å². The number of carbonyl (C=O) groups excluding carboxylic acids is 2. The first-order chi connectivity index (χ1) is 20.1. The number of piperidine rings is 1. The summed E-state index contributed by atoms with van der Waals surface area (Å²) in [6.07, 6.45) is 2.90. The first-order valence-electron chi connectivity index (χ1n) is 13.4. The lowest BCUT2D eigenvalue weighted by Gasteiger charge is -2.38.